The van der Waals surface area contributed by atoms with E-state index in [1.165, 1.54) is 25.7 Å². The van der Waals surface area contributed by atoms with Crippen LogP contribution < -0.4 is 10.7 Å². The molecule has 210 valence electrons. The van der Waals surface area contributed by atoms with Crippen molar-refractivity contribution in [2.75, 3.05) is 18.1 Å². The van der Waals surface area contributed by atoms with Crippen LogP contribution in [0.1, 0.15) is 57.4 Å². The third-order valence-electron chi connectivity index (χ3n) is 9.06. The highest BCUT2D eigenvalue weighted by molar-refractivity contribution is 6.30. The van der Waals surface area contributed by atoms with Gasteiger partial charge in [-0.2, -0.15) is 0 Å². The largest absolute Gasteiger partial charge is 0.439 e. The van der Waals surface area contributed by atoms with Crippen molar-refractivity contribution in [2.45, 2.75) is 77.5 Å². The summed E-state index contributed by atoms with van der Waals surface area (Å²) in [6, 6.07) is 2.19. The summed E-state index contributed by atoms with van der Waals surface area (Å²) in [5.74, 6) is 1.96. The molecule has 4 aromatic rings. The van der Waals surface area contributed by atoms with Gasteiger partial charge in [0.2, 0.25) is 11.8 Å². The van der Waals surface area contributed by atoms with Crippen molar-refractivity contribution in [3.63, 3.8) is 0 Å². The van der Waals surface area contributed by atoms with Crippen LogP contribution in [0.25, 0.3) is 33.8 Å². The summed E-state index contributed by atoms with van der Waals surface area (Å²) in [5.41, 5.74) is 4.67. The highest BCUT2D eigenvalue weighted by atomic mass is 35.5. The molecule has 2 saturated carbocycles. The number of hydrogen-bond donors (Lipinski definition) is 1. The second kappa shape index (κ2) is 10.3. The van der Waals surface area contributed by atoms with E-state index in [2.05, 4.69) is 31.5 Å². The standard InChI is InChI=1S/C29H34ClN7O3/c1-16-6-8-18(9-7-16)15-37-26-23(33-28(37)36-10-11-39-22-5-3-4-21(22)36)17(2)24(27-34-29(38)40-35-27)32-25(26)19-12-20(30)14-31-13-19/h12-14,16,18,21-22H,3-11,15H2,1-2H3,(H,34,35,38). The molecule has 7 rings (SSSR count). The maximum atomic E-state index is 11.9. The van der Waals surface area contributed by atoms with Crippen molar-refractivity contribution in [1.82, 2.24) is 29.7 Å². The first-order chi connectivity index (χ1) is 19.5. The van der Waals surface area contributed by atoms with Crippen LogP contribution in [0.5, 0.6) is 0 Å². The van der Waals surface area contributed by atoms with Crippen molar-refractivity contribution in [3.8, 4) is 22.8 Å². The number of ether oxygens (including phenoxy) is 1. The van der Waals surface area contributed by atoms with Crippen molar-refractivity contribution in [3.05, 3.63) is 39.6 Å². The molecule has 0 bridgehead atoms. The number of morpholine rings is 1. The molecule has 1 N–H and O–H groups in total. The molecule has 2 atom stereocenters. The van der Waals surface area contributed by atoms with Gasteiger partial charge in [-0.3, -0.25) is 14.5 Å². The lowest BCUT2D eigenvalue weighted by Crippen LogP contribution is -2.49. The number of nitrogens with one attached hydrogen (secondary N) is 1. The molecule has 4 aromatic heterocycles. The van der Waals surface area contributed by atoms with E-state index < -0.39 is 5.76 Å². The maximum Gasteiger partial charge on any atom is 0.439 e. The molecule has 2 unspecified atom stereocenters. The molecule has 1 saturated heterocycles. The molecular weight excluding hydrogens is 530 g/mol. The number of nitrogens with zero attached hydrogens (tertiary/aromatic N) is 6. The number of imidazole rings is 1. The molecule has 0 radical (unpaired) electrons. The zero-order chi connectivity index (χ0) is 27.4. The maximum absolute atomic E-state index is 11.9. The van der Waals surface area contributed by atoms with Crippen LogP contribution in [0, 0.1) is 18.8 Å². The van der Waals surface area contributed by atoms with Crippen LogP contribution in [-0.4, -0.2) is 55.0 Å². The van der Waals surface area contributed by atoms with Gasteiger partial charge in [-0.1, -0.05) is 36.5 Å². The monoisotopic (exact) mass is 563 g/mol. The van der Waals surface area contributed by atoms with E-state index in [0.717, 1.165) is 66.4 Å². The van der Waals surface area contributed by atoms with Gasteiger partial charge >= 0.3 is 5.76 Å². The molecule has 5 heterocycles. The number of H-pyrrole nitrogens is 1. The summed E-state index contributed by atoms with van der Waals surface area (Å²) in [6.07, 6.45) is 11.9. The third kappa shape index (κ3) is 4.51. The molecule has 2 aliphatic carbocycles. The minimum absolute atomic E-state index is 0.240. The Kier molecular flexibility index (Phi) is 6.62. The second-order valence-electron chi connectivity index (χ2n) is 11.7. The lowest BCUT2D eigenvalue weighted by Gasteiger charge is -2.39. The van der Waals surface area contributed by atoms with E-state index in [9.17, 15) is 4.79 Å². The Balaban J connectivity index is 1.48. The lowest BCUT2D eigenvalue weighted by atomic mass is 9.83. The molecule has 3 aliphatic rings. The summed E-state index contributed by atoms with van der Waals surface area (Å²) >= 11 is 6.42. The summed E-state index contributed by atoms with van der Waals surface area (Å²) in [4.78, 5) is 31.9. The van der Waals surface area contributed by atoms with E-state index in [-0.39, 0.29) is 11.9 Å². The van der Waals surface area contributed by atoms with Gasteiger partial charge in [-0.25, -0.2) is 14.8 Å². The fourth-order valence-electron chi connectivity index (χ4n) is 6.94. The van der Waals surface area contributed by atoms with E-state index in [1.54, 1.807) is 12.4 Å². The summed E-state index contributed by atoms with van der Waals surface area (Å²) in [6.45, 7) is 6.71. The van der Waals surface area contributed by atoms with Crippen LogP contribution >= 0.6 is 11.6 Å². The van der Waals surface area contributed by atoms with Crippen LogP contribution in [-0.2, 0) is 11.3 Å². The average molecular weight is 564 g/mol. The van der Waals surface area contributed by atoms with E-state index >= 15 is 0 Å². The molecule has 1 aliphatic heterocycles. The van der Waals surface area contributed by atoms with E-state index in [1.807, 2.05) is 13.0 Å². The molecule has 11 heteroatoms. The van der Waals surface area contributed by atoms with Gasteiger partial charge in [-0.15, -0.1) is 0 Å². The first-order valence-electron chi connectivity index (χ1n) is 14.4. The van der Waals surface area contributed by atoms with Crippen LogP contribution in [0.4, 0.5) is 5.95 Å². The fraction of sp³-hybridized carbons (Fsp3) is 0.552. The summed E-state index contributed by atoms with van der Waals surface area (Å²) < 4.78 is 13.4. The molecular formula is C29H34ClN7O3. The Morgan fingerprint density at radius 3 is 2.73 bits per heavy atom. The molecule has 0 aromatic carbocycles. The average Bonchev–Trinajstić information content (AvgIpc) is 3.69. The van der Waals surface area contributed by atoms with Crippen molar-refractivity contribution < 1.29 is 9.26 Å². The predicted octanol–water partition coefficient (Wildman–Crippen LogP) is 5.38. The number of anilines is 1. The van der Waals surface area contributed by atoms with Gasteiger partial charge in [0.1, 0.15) is 5.69 Å². The minimum atomic E-state index is -0.624. The van der Waals surface area contributed by atoms with Gasteiger partial charge in [0.05, 0.1) is 40.5 Å². The lowest BCUT2D eigenvalue weighted by molar-refractivity contribution is 0.0247. The highest BCUT2D eigenvalue weighted by Gasteiger charge is 2.39. The van der Waals surface area contributed by atoms with Crippen molar-refractivity contribution in [2.24, 2.45) is 11.8 Å². The van der Waals surface area contributed by atoms with Gasteiger partial charge < -0.3 is 14.2 Å². The molecule has 0 amide bonds. The number of aromatic nitrogens is 6. The summed E-state index contributed by atoms with van der Waals surface area (Å²) in [7, 11) is 0. The number of halogens is 1. The number of aromatic amines is 1. The topological polar surface area (TPSA) is 115 Å². The zero-order valence-electron chi connectivity index (χ0n) is 22.9. The van der Waals surface area contributed by atoms with E-state index in [0.29, 0.717) is 35.0 Å². The van der Waals surface area contributed by atoms with E-state index in [4.69, 9.17) is 30.8 Å². The van der Waals surface area contributed by atoms with Gasteiger partial charge in [0, 0.05) is 36.6 Å². The minimum Gasteiger partial charge on any atom is -0.374 e. The van der Waals surface area contributed by atoms with Crippen LogP contribution in [0.2, 0.25) is 5.02 Å². The predicted molar refractivity (Wildman–Crippen MR) is 152 cm³/mol. The SMILES string of the molecule is Cc1c(-c2noc(=O)[nH]2)nc(-c2cncc(Cl)c2)c2c1nc(N1CCOC3CCCC31)n2CC1CCC(C)CC1. The van der Waals surface area contributed by atoms with Crippen molar-refractivity contribution in [1.29, 1.82) is 0 Å². The number of fused-ring (bicyclic) bond motifs is 2. The van der Waals surface area contributed by atoms with Crippen LogP contribution in [0.3, 0.4) is 0 Å². The molecule has 10 nitrogen and oxygen atoms in total. The summed E-state index contributed by atoms with van der Waals surface area (Å²) in [5, 5.41) is 4.49. The number of pyridine rings is 2. The Hall–Kier alpha value is -3.24. The normalized spacial score (nSPS) is 25.0. The van der Waals surface area contributed by atoms with Gasteiger partial charge in [0.15, 0.2) is 0 Å². The Bertz CT molecular complexity index is 1600. The zero-order valence-corrected chi connectivity index (χ0v) is 23.7. The Morgan fingerprint density at radius 2 is 1.95 bits per heavy atom. The quantitative estimate of drug-likeness (QED) is 0.344. The molecule has 0 spiro atoms. The Labute approximate surface area is 237 Å². The van der Waals surface area contributed by atoms with Crippen molar-refractivity contribution >= 4 is 28.6 Å². The fourth-order valence-corrected chi connectivity index (χ4v) is 7.12. The molecule has 3 fully saturated rings. The number of hydrogen-bond acceptors (Lipinski definition) is 8. The Morgan fingerprint density at radius 1 is 1.10 bits per heavy atom. The highest BCUT2D eigenvalue weighted by Crippen LogP contribution is 2.41. The number of aryl methyl sites for hydroxylation is 1. The van der Waals surface area contributed by atoms with Gasteiger partial charge in [0.25, 0.3) is 0 Å². The smallest absolute Gasteiger partial charge is 0.374 e. The molecule has 40 heavy (non-hydrogen) atoms. The second-order valence-corrected chi connectivity index (χ2v) is 12.2. The first-order valence-corrected chi connectivity index (χ1v) is 14.8. The number of rotatable bonds is 5. The van der Waals surface area contributed by atoms with Gasteiger partial charge in [-0.05, 0) is 56.9 Å². The first kappa shape index (κ1) is 25.7. The third-order valence-corrected chi connectivity index (χ3v) is 9.27. The van der Waals surface area contributed by atoms with Crippen LogP contribution in [0.15, 0.2) is 27.8 Å².